The molecule has 0 spiro atoms. The SMILES string of the molecule is CNC(C(=O)Nc1ccc2c(c1)S(=O)(=O)CC2)c1cnn(C)c1.Cl. The highest BCUT2D eigenvalue weighted by Gasteiger charge is 2.27. The van der Waals surface area contributed by atoms with Gasteiger partial charge in [-0.15, -0.1) is 12.4 Å². The van der Waals surface area contributed by atoms with Crippen LogP contribution in [0.15, 0.2) is 35.5 Å². The fourth-order valence-electron chi connectivity index (χ4n) is 2.74. The third-order valence-corrected chi connectivity index (χ3v) is 5.71. The Hall–Kier alpha value is -1.90. The molecule has 0 aliphatic carbocycles. The van der Waals surface area contributed by atoms with Gasteiger partial charge in [0, 0.05) is 24.5 Å². The number of nitrogens with one attached hydrogen (secondary N) is 2. The van der Waals surface area contributed by atoms with Crippen LogP contribution in [0.4, 0.5) is 5.69 Å². The van der Waals surface area contributed by atoms with E-state index in [1.54, 1.807) is 43.3 Å². The third-order valence-electron chi connectivity index (χ3n) is 3.92. The lowest BCUT2D eigenvalue weighted by Crippen LogP contribution is -2.30. The number of aromatic nitrogens is 2. The lowest BCUT2D eigenvalue weighted by molar-refractivity contribution is -0.118. The number of benzene rings is 1. The molecular weight excluding hydrogens is 352 g/mol. The largest absolute Gasteiger partial charge is 0.324 e. The second kappa shape index (κ2) is 6.92. The molecule has 0 radical (unpaired) electrons. The van der Waals surface area contributed by atoms with E-state index in [9.17, 15) is 13.2 Å². The van der Waals surface area contributed by atoms with Crippen molar-refractivity contribution in [2.24, 2.45) is 7.05 Å². The van der Waals surface area contributed by atoms with Gasteiger partial charge in [0.25, 0.3) is 0 Å². The molecular formula is C15H19ClN4O3S. The van der Waals surface area contributed by atoms with E-state index in [4.69, 9.17) is 0 Å². The Morgan fingerprint density at radius 1 is 1.38 bits per heavy atom. The van der Waals surface area contributed by atoms with Gasteiger partial charge in [-0.25, -0.2) is 8.42 Å². The zero-order valence-corrected chi connectivity index (χ0v) is 14.9. The number of sulfone groups is 1. The van der Waals surface area contributed by atoms with Gasteiger partial charge in [-0.1, -0.05) is 6.07 Å². The molecule has 0 saturated heterocycles. The summed E-state index contributed by atoms with van der Waals surface area (Å²) < 4.78 is 25.6. The van der Waals surface area contributed by atoms with Crippen molar-refractivity contribution in [1.82, 2.24) is 15.1 Å². The molecule has 2 aromatic rings. The molecule has 1 aromatic heterocycles. The standard InChI is InChI=1S/C15H18N4O3S.ClH/c1-16-14(11-8-17-19(2)9-11)15(20)18-12-4-3-10-5-6-23(21,22)13(10)7-12;/h3-4,7-9,14,16H,5-6H2,1-2H3,(H,18,20);1H. The van der Waals surface area contributed by atoms with Crippen LogP contribution in [0.3, 0.4) is 0 Å². The summed E-state index contributed by atoms with van der Waals surface area (Å²) in [4.78, 5) is 12.8. The number of halogens is 1. The van der Waals surface area contributed by atoms with E-state index < -0.39 is 15.9 Å². The normalized spacial score (nSPS) is 16.1. The Kier molecular flexibility index (Phi) is 5.32. The molecule has 2 heterocycles. The van der Waals surface area contributed by atoms with Crippen LogP contribution < -0.4 is 10.6 Å². The highest BCUT2D eigenvalue weighted by molar-refractivity contribution is 7.91. The molecule has 130 valence electrons. The maximum absolute atomic E-state index is 12.5. The van der Waals surface area contributed by atoms with Crippen molar-refractivity contribution in [3.05, 3.63) is 41.7 Å². The van der Waals surface area contributed by atoms with Gasteiger partial charge in [0.1, 0.15) is 6.04 Å². The second-order valence-electron chi connectivity index (χ2n) is 5.55. The Morgan fingerprint density at radius 2 is 2.12 bits per heavy atom. The van der Waals surface area contributed by atoms with Crippen LogP contribution in [0.25, 0.3) is 0 Å². The highest BCUT2D eigenvalue weighted by Crippen LogP contribution is 2.29. The molecule has 0 bridgehead atoms. The van der Waals surface area contributed by atoms with Crippen molar-refractivity contribution in [3.8, 4) is 0 Å². The number of fused-ring (bicyclic) bond motifs is 1. The monoisotopic (exact) mass is 370 g/mol. The second-order valence-corrected chi connectivity index (χ2v) is 7.63. The average molecular weight is 371 g/mol. The highest BCUT2D eigenvalue weighted by atomic mass is 35.5. The molecule has 1 aliphatic rings. The number of carbonyl (C=O) groups is 1. The number of hydrogen-bond donors (Lipinski definition) is 2. The van der Waals surface area contributed by atoms with E-state index in [-0.39, 0.29) is 24.1 Å². The van der Waals surface area contributed by atoms with E-state index in [0.29, 0.717) is 17.0 Å². The summed E-state index contributed by atoms with van der Waals surface area (Å²) in [6.45, 7) is 0. The quantitative estimate of drug-likeness (QED) is 0.839. The van der Waals surface area contributed by atoms with Gasteiger partial charge < -0.3 is 10.6 Å². The van der Waals surface area contributed by atoms with Gasteiger partial charge in [0.15, 0.2) is 9.84 Å². The lowest BCUT2D eigenvalue weighted by Gasteiger charge is -2.15. The first-order chi connectivity index (χ1) is 10.9. The van der Waals surface area contributed by atoms with Gasteiger partial charge >= 0.3 is 0 Å². The molecule has 1 amide bonds. The zero-order valence-electron chi connectivity index (χ0n) is 13.3. The van der Waals surface area contributed by atoms with E-state index in [1.165, 1.54) is 6.07 Å². The molecule has 9 heteroatoms. The van der Waals surface area contributed by atoms with Crippen LogP contribution in [0.2, 0.25) is 0 Å². The molecule has 0 saturated carbocycles. The summed E-state index contributed by atoms with van der Waals surface area (Å²) in [6, 6.07) is 4.46. The summed E-state index contributed by atoms with van der Waals surface area (Å²) in [5.41, 5.74) is 2.02. The summed E-state index contributed by atoms with van der Waals surface area (Å²) in [6.07, 6.45) is 3.91. The number of anilines is 1. The smallest absolute Gasteiger partial charge is 0.246 e. The number of aryl methyl sites for hydroxylation is 2. The van der Waals surface area contributed by atoms with Gasteiger partial charge in [-0.05, 0) is 31.2 Å². The summed E-state index contributed by atoms with van der Waals surface area (Å²) in [5, 5.41) is 9.76. The first-order valence-corrected chi connectivity index (χ1v) is 8.88. The van der Waals surface area contributed by atoms with Crippen molar-refractivity contribution in [2.45, 2.75) is 17.4 Å². The number of hydrogen-bond acceptors (Lipinski definition) is 5. The van der Waals surface area contributed by atoms with Crippen LogP contribution in [0.1, 0.15) is 17.2 Å². The average Bonchev–Trinajstić information content (AvgIpc) is 3.04. The minimum Gasteiger partial charge on any atom is -0.324 e. The molecule has 24 heavy (non-hydrogen) atoms. The van der Waals surface area contributed by atoms with Crippen LogP contribution in [-0.2, 0) is 28.1 Å². The summed E-state index contributed by atoms with van der Waals surface area (Å²) >= 11 is 0. The zero-order chi connectivity index (χ0) is 16.6. The van der Waals surface area contributed by atoms with Crippen molar-refractivity contribution < 1.29 is 13.2 Å². The van der Waals surface area contributed by atoms with Crippen LogP contribution >= 0.6 is 12.4 Å². The fourth-order valence-corrected chi connectivity index (χ4v) is 4.32. The Labute approximate surface area is 146 Å². The summed E-state index contributed by atoms with van der Waals surface area (Å²) in [7, 11) is 0.243. The maximum Gasteiger partial charge on any atom is 0.246 e. The number of carbonyl (C=O) groups excluding carboxylic acids is 1. The molecule has 1 atom stereocenters. The first-order valence-electron chi connectivity index (χ1n) is 7.23. The molecule has 7 nitrogen and oxygen atoms in total. The Morgan fingerprint density at radius 3 is 2.75 bits per heavy atom. The van der Waals surface area contributed by atoms with Crippen LogP contribution in [0, 0.1) is 0 Å². The lowest BCUT2D eigenvalue weighted by atomic mass is 10.1. The van der Waals surface area contributed by atoms with Gasteiger partial charge in [0.2, 0.25) is 5.91 Å². The van der Waals surface area contributed by atoms with E-state index in [2.05, 4.69) is 15.7 Å². The minimum atomic E-state index is -3.22. The molecule has 0 fully saturated rings. The van der Waals surface area contributed by atoms with Gasteiger partial charge in [-0.3, -0.25) is 9.48 Å². The third kappa shape index (κ3) is 3.45. The van der Waals surface area contributed by atoms with Gasteiger partial charge in [-0.2, -0.15) is 5.10 Å². The summed E-state index contributed by atoms with van der Waals surface area (Å²) in [5.74, 6) is -0.134. The van der Waals surface area contributed by atoms with Crippen molar-refractivity contribution in [1.29, 1.82) is 0 Å². The molecule has 3 rings (SSSR count). The Balaban J connectivity index is 0.00000208. The topological polar surface area (TPSA) is 93.1 Å². The molecule has 1 unspecified atom stereocenters. The number of nitrogens with zero attached hydrogens (tertiary/aromatic N) is 2. The molecule has 1 aromatic carbocycles. The van der Waals surface area contributed by atoms with Crippen molar-refractivity contribution in [2.75, 3.05) is 18.1 Å². The fraction of sp³-hybridized carbons (Fsp3) is 0.333. The predicted octanol–water partition coefficient (Wildman–Crippen LogP) is 1.07. The van der Waals surface area contributed by atoms with Crippen molar-refractivity contribution >= 4 is 33.8 Å². The number of amides is 1. The minimum absolute atomic E-state index is 0. The van der Waals surface area contributed by atoms with Gasteiger partial charge in [0.05, 0.1) is 16.8 Å². The van der Waals surface area contributed by atoms with Crippen LogP contribution in [0.5, 0.6) is 0 Å². The van der Waals surface area contributed by atoms with Crippen molar-refractivity contribution in [3.63, 3.8) is 0 Å². The maximum atomic E-state index is 12.5. The number of rotatable bonds is 4. The first kappa shape index (κ1) is 18.4. The van der Waals surface area contributed by atoms with E-state index in [1.807, 2.05) is 0 Å². The Bertz CT molecular complexity index is 863. The predicted molar refractivity (Wildman–Crippen MR) is 93.1 cm³/mol. The van der Waals surface area contributed by atoms with E-state index >= 15 is 0 Å². The van der Waals surface area contributed by atoms with E-state index in [0.717, 1.165) is 11.1 Å². The van der Waals surface area contributed by atoms with Crippen LogP contribution in [-0.4, -0.2) is 36.9 Å². The number of likely N-dealkylation sites (N-methyl/N-ethyl adjacent to an activating group) is 1. The molecule has 1 aliphatic heterocycles. The molecule has 2 N–H and O–H groups in total.